The summed E-state index contributed by atoms with van der Waals surface area (Å²) in [6.07, 6.45) is -0.788. The van der Waals surface area contributed by atoms with Gasteiger partial charge in [-0.25, -0.2) is 0 Å². The van der Waals surface area contributed by atoms with Crippen LogP contribution < -0.4 is 5.32 Å². The van der Waals surface area contributed by atoms with Crippen molar-refractivity contribution in [2.75, 3.05) is 11.9 Å². The van der Waals surface area contributed by atoms with E-state index in [0.717, 1.165) is 0 Å². The van der Waals surface area contributed by atoms with Crippen LogP contribution in [-0.4, -0.2) is 22.7 Å². The zero-order valence-electron chi connectivity index (χ0n) is 15.2. The lowest BCUT2D eigenvalue weighted by Crippen LogP contribution is -2.24. The summed E-state index contributed by atoms with van der Waals surface area (Å²) in [6, 6.07) is 18.7. The number of rotatable bonds is 6. The topological polar surface area (TPSA) is 78.8 Å². The number of para-hydroxylation sites is 1. The third-order valence-corrected chi connectivity index (χ3v) is 4.47. The number of phenols is 2. The van der Waals surface area contributed by atoms with Gasteiger partial charge in [0.1, 0.15) is 0 Å². The number of phenolic OH excluding ortho intramolecular Hbond substituents is 2. The molecule has 0 saturated carbocycles. The molecule has 0 heterocycles. The number of benzene rings is 3. The summed E-state index contributed by atoms with van der Waals surface area (Å²) in [5.74, 6) is -0.754. The summed E-state index contributed by atoms with van der Waals surface area (Å²) in [4.78, 5) is 12.9. The summed E-state index contributed by atoms with van der Waals surface area (Å²) in [6.45, 7) is 2.19. The van der Waals surface area contributed by atoms with Gasteiger partial charge in [-0.1, -0.05) is 48.0 Å². The molecule has 0 aliphatic carbocycles. The van der Waals surface area contributed by atoms with E-state index in [2.05, 4.69) is 5.32 Å². The quantitative estimate of drug-likeness (QED) is 0.503. The SMILES string of the molecule is CCOC(C(=O)Nc1ccccc1-c1ccc(O)c(O)c1)c1ccc(Cl)cc1. The van der Waals surface area contributed by atoms with Crippen molar-refractivity contribution in [2.45, 2.75) is 13.0 Å². The van der Waals surface area contributed by atoms with Gasteiger partial charge in [-0.2, -0.15) is 0 Å². The Morgan fingerprint density at radius 2 is 1.75 bits per heavy atom. The molecular weight excluding hydrogens is 378 g/mol. The maximum atomic E-state index is 12.9. The van der Waals surface area contributed by atoms with Crippen molar-refractivity contribution in [3.05, 3.63) is 77.3 Å². The molecular formula is C22H20ClNO4. The zero-order valence-corrected chi connectivity index (χ0v) is 16.0. The summed E-state index contributed by atoms with van der Waals surface area (Å²) in [7, 11) is 0. The molecule has 0 aliphatic heterocycles. The van der Waals surface area contributed by atoms with Crippen LogP contribution in [0, 0.1) is 0 Å². The molecule has 3 aromatic carbocycles. The van der Waals surface area contributed by atoms with Crippen LogP contribution in [0.15, 0.2) is 66.7 Å². The molecule has 1 amide bonds. The van der Waals surface area contributed by atoms with Crippen molar-refractivity contribution in [3.8, 4) is 22.6 Å². The van der Waals surface area contributed by atoms with Crippen molar-refractivity contribution >= 4 is 23.2 Å². The van der Waals surface area contributed by atoms with E-state index in [4.69, 9.17) is 16.3 Å². The monoisotopic (exact) mass is 397 g/mol. The van der Waals surface area contributed by atoms with E-state index >= 15 is 0 Å². The van der Waals surface area contributed by atoms with Gasteiger partial charge in [0.15, 0.2) is 17.6 Å². The second-order valence-corrected chi connectivity index (χ2v) is 6.56. The third-order valence-electron chi connectivity index (χ3n) is 4.22. The van der Waals surface area contributed by atoms with Crippen molar-refractivity contribution in [2.24, 2.45) is 0 Å². The molecule has 0 fully saturated rings. The number of aromatic hydroxyl groups is 2. The number of hydrogen-bond donors (Lipinski definition) is 3. The van der Waals surface area contributed by atoms with Gasteiger partial charge in [-0.15, -0.1) is 0 Å². The third kappa shape index (κ3) is 4.44. The predicted molar refractivity (Wildman–Crippen MR) is 110 cm³/mol. The van der Waals surface area contributed by atoms with Crippen LogP contribution in [0.2, 0.25) is 5.02 Å². The van der Waals surface area contributed by atoms with E-state index in [-0.39, 0.29) is 17.4 Å². The Labute approximate surface area is 168 Å². The molecule has 144 valence electrons. The number of amides is 1. The van der Waals surface area contributed by atoms with Crippen LogP contribution in [0.4, 0.5) is 5.69 Å². The molecule has 1 atom stereocenters. The summed E-state index contributed by atoms with van der Waals surface area (Å²) < 4.78 is 5.65. The summed E-state index contributed by atoms with van der Waals surface area (Å²) in [5, 5.41) is 22.8. The van der Waals surface area contributed by atoms with Crippen LogP contribution in [0.3, 0.4) is 0 Å². The molecule has 28 heavy (non-hydrogen) atoms. The van der Waals surface area contributed by atoms with Crippen LogP contribution >= 0.6 is 11.6 Å². The van der Waals surface area contributed by atoms with E-state index in [1.54, 1.807) is 42.5 Å². The van der Waals surface area contributed by atoms with Gasteiger partial charge in [0.25, 0.3) is 5.91 Å². The first-order valence-electron chi connectivity index (χ1n) is 8.79. The number of carbonyl (C=O) groups excluding carboxylic acids is 1. The first-order valence-corrected chi connectivity index (χ1v) is 9.16. The van der Waals surface area contributed by atoms with E-state index < -0.39 is 6.10 Å². The minimum atomic E-state index is -0.788. The predicted octanol–water partition coefficient (Wildman–Crippen LogP) is 5.13. The van der Waals surface area contributed by atoms with Crippen LogP contribution in [0.25, 0.3) is 11.1 Å². The Balaban J connectivity index is 1.90. The highest BCUT2D eigenvalue weighted by Crippen LogP contribution is 2.34. The molecule has 5 nitrogen and oxygen atoms in total. The fourth-order valence-electron chi connectivity index (χ4n) is 2.86. The van der Waals surface area contributed by atoms with Crippen molar-refractivity contribution in [1.29, 1.82) is 0 Å². The van der Waals surface area contributed by atoms with E-state index in [9.17, 15) is 15.0 Å². The van der Waals surface area contributed by atoms with E-state index in [0.29, 0.717) is 34.0 Å². The first kappa shape index (κ1) is 19.7. The fraction of sp³-hybridized carbons (Fsp3) is 0.136. The van der Waals surface area contributed by atoms with Gasteiger partial charge in [-0.05, 0) is 48.4 Å². The molecule has 0 aliphatic rings. The number of hydrogen-bond acceptors (Lipinski definition) is 4. The highest BCUT2D eigenvalue weighted by Gasteiger charge is 2.22. The Morgan fingerprint density at radius 3 is 2.43 bits per heavy atom. The number of anilines is 1. The van der Waals surface area contributed by atoms with Gasteiger partial charge < -0.3 is 20.3 Å². The molecule has 6 heteroatoms. The second kappa shape index (κ2) is 8.78. The second-order valence-electron chi connectivity index (χ2n) is 6.13. The van der Waals surface area contributed by atoms with Crippen LogP contribution in [0.5, 0.6) is 11.5 Å². The highest BCUT2D eigenvalue weighted by atomic mass is 35.5. The minimum Gasteiger partial charge on any atom is -0.504 e. The van der Waals surface area contributed by atoms with Crippen molar-refractivity contribution in [1.82, 2.24) is 0 Å². The van der Waals surface area contributed by atoms with Gasteiger partial charge in [0, 0.05) is 22.9 Å². The lowest BCUT2D eigenvalue weighted by molar-refractivity contribution is -0.127. The van der Waals surface area contributed by atoms with Crippen LogP contribution in [0.1, 0.15) is 18.6 Å². The highest BCUT2D eigenvalue weighted by molar-refractivity contribution is 6.30. The molecule has 3 rings (SSSR count). The molecule has 1 unspecified atom stereocenters. The Kier molecular flexibility index (Phi) is 6.19. The van der Waals surface area contributed by atoms with Crippen LogP contribution in [-0.2, 0) is 9.53 Å². The van der Waals surface area contributed by atoms with Crippen molar-refractivity contribution < 1.29 is 19.7 Å². The van der Waals surface area contributed by atoms with Crippen molar-refractivity contribution in [3.63, 3.8) is 0 Å². The number of halogens is 1. The maximum absolute atomic E-state index is 12.9. The van der Waals surface area contributed by atoms with Gasteiger partial charge in [-0.3, -0.25) is 4.79 Å². The largest absolute Gasteiger partial charge is 0.504 e. The van der Waals surface area contributed by atoms with Gasteiger partial charge in [0.2, 0.25) is 0 Å². The fourth-order valence-corrected chi connectivity index (χ4v) is 2.99. The lowest BCUT2D eigenvalue weighted by atomic mass is 10.0. The van der Waals surface area contributed by atoms with E-state index in [1.807, 2.05) is 19.1 Å². The Hall–Kier alpha value is -3.02. The lowest BCUT2D eigenvalue weighted by Gasteiger charge is -2.19. The minimum absolute atomic E-state index is 0.204. The molecule has 0 radical (unpaired) electrons. The first-order chi connectivity index (χ1) is 13.5. The van der Waals surface area contributed by atoms with Gasteiger partial charge in [0.05, 0.1) is 0 Å². The number of nitrogens with one attached hydrogen (secondary N) is 1. The molecule has 3 aromatic rings. The standard InChI is InChI=1S/C22H20ClNO4/c1-2-28-21(14-7-10-16(23)11-8-14)22(27)24-18-6-4-3-5-17(18)15-9-12-19(25)20(26)13-15/h3-13,21,25-26H,2H2,1H3,(H,24,27). The normalized spacial score (nSPS) is 11.8. The number of carbonyl (C=O) groups is 1. The molecule has 3 N–H and O–H groups in total. The summed E-state index contributed by atoms with van der Waals surface area (Å²) in [5.41, 5.74) is 2.63. The van der Waals surface area contributed by atoms with Gasteiger partial charge >= 0.3 is 0 Å². The maximum Gasteiger partial charge on any atom is 0.258 e. The van der Waals surface area contributed by atoms with E-state index in [1.165, 1.54) is 12.1 Å². The molecule has 0 aromatic heterocycles. The molecule has 0 bridgehead atoms. The Morgan fingerprint density at radius 1 is 1.04 bits per heavy atom. The average Bonchev–Trinajstić information content (AvgIpc) is 2.69. The molecule has 0 saturated heterocycles. The zero-order chi connectivity index (χ0) is 20.1. The number of ether oxygens (including phenoxy) is 1. The summed E-state index contributed by atoms with van der Waals surface area (Å²) >= 11 is 5.94. The smallest absolute Gasteiger partial charge is 0.258 e. The molecule has 0 spiro atoms. The Bertz CT molecular complexity index is 973. The average molecular weight is 398 g/mol.